The monoisotopic (exact) mass is 344 g/mol. The highest BCUT2D eigenvalue weighted by Crippen LogP contribution is 2.36. The number of fused-ring (bicyclic) bond motifs is 1. The Kier molecular flexibility index (Phi) is 4.25. The highest BCUT2D eigenvalue weighted by molar-refractivity contribution is 6.62. The maximum absolute atomic E-state index is 12.4. The summed E-state index contributed by atoms with van der Waals surface area (Å²) in [6.07, 6.45) is 0. The molecule has 1 aromatic carbocycles. The predicted molar refractivity (Wildman–Crippen MR) is 94.2 cm³/mol. The molecule has 0 unspecified atom stereocenters. The van der Waals surface area contributed by atoms with Gasteiger partial charge < -0.3 is 18.5 Å². The molecule has 1 saturated heterocycles. The standard InChI is InChI=1S/C18H21BO6/c1-6-22-16(21)15-10-13(20)12-9-11(7-8-14(12)23-15)19-24-17(2,3)18(4,5)25-19/h7-10H,6H2,1-5H3. The van der Waals surface area contributed by atoms with Gasteiger partial charge in [-0.1, -0.05) is 6.07 Å². The molecule has 1 aromatic heterocycles. The largest absolute Gasteiger partial charge is 0.494 e. The zero-order valence-corrected chi connectivity index (χ0v) is 15.0. The van der Waals surface area contributed by atoms with Crippen molar-refractivity contribution in [3.05, 3.63) is 40.2 Å². The average molecular weight is 344 g/mol. The van der Waals surface area contributed by atoms with Crippen LogP contribution in [0.3, 0.4) is 0 Å². The minimum atomic E-state index is -0.656. The third-order valence-corrected chi connectivity index (χ3v) is 4.75. The van der Waals surface area contributed by atoms with Gasteiger partial charge >= 0.3 is 13.1 Å². The molecule has 1 aliphatic rings. The lowest BCUT2D eigenvalue weighted by molar-refractivity contribution is 0.00578. The molecular weight excluding hydrogens is 323 g/mol. The fourth-order valence-corrected chi connectivity index (χ4v) is 2.60. The Morgan fingerprint density at radius 2 is 1.76 bits per heavy atom. The lowest BCUT2D eigenvalue weighted by Gasteiger charge is -2.32. The number of carbonyl (C=O) groups excluding carboxylic acids is 1. The highest BCUT2D eigenvalue weighted by Gasteiger charge is 2.51. The number of benzene rings is 1. The van der Waals surface area contributed by atoms with E-state index in [0.29, 0.717) is 11.0 Å². The van der Waals surface area contributed by atoms with Gasteiger partial charge in [0.05, 0.1) is 23.2 Å². The highest BCUT2D eigenvalue weighted by atomic mass is 16.7. The first kappa shape index (κ1) is 17.7. The van der Waals surface area contributed by atoms with Crippen molar-refractivity contribution in [2.24, 2.45) is 0 Å². The number of rotatable bonds is 3. The quantitative estimate of drug-likeness (QED) is 0.628. The van der Waals surface area contributed by atoms with Gasteiger partial charge in [0.2, 0.25) is 5.76 Å². The molecule has 0 saturated carbocycles. The lowest BCUT2D eigenvalue weighted by atomic mass is 9.78. The van der Waals surface area contributed by atoms with Crippen LogP contribution in [0.1, 0.15) is 45.2 Å². The van der Waals surface area contributed by atoms with Crippen molar-refractivity contribution in [1.29, 1.82) is 0 Å². The van der Waals surface area contributed by atoms with Gasteiger partial charge in [0.25, 0.3) is 0 Å². The first-order chi connectivity index (χ1) is 11.6. The fourth-order valence-electron chi connectivity index (χ4n) is 2.60. The van der Waals surface area contributed by atoms with E-state index in [4.69, 9.17) is 18.5 Å². The molecule has 0 spiro atoms. The Morgan fingerprint density at radius 3 is 2.36 bits per heavy atom. The van der Waals surface area contributed by atoms with Crippen LogP contribution in [0, 0.1) is 0 Å². The van der Waals surface area contributed by atoms with Gasteiger partial charge in [-0.15, -0.1) is 0 Å². The number of esters is 1. The minimum Gasteiger partial charge on any atom is -0.460 e. The lowest BCUT2D eigenvalue weighted by Crippen LogP contribution is -2.41. The van der Waals surface area contributed by atoms with Gasteiger partial charge in [0, 0.05) is 6.07 Å². The van der Waals surface area contributed by atoms with E-state index < -0.39 is 24.3 Å². The third-order valence-electron chi connectivity index (χ3n) is 4.75. The second-order valence-corrected chi connectivity index (χ2v) is 7.04. The normalized spacial score (nSPS) is 18.5. The number of hydrogen-bond acceptors (Lipinski definition) is 6. The van der Waals surface area contributed by atoms with Crippen LogP contribution in [0.2, 0.25) is 0 Å². The maximum Gasteiger partial charge on any atom is 0.494 e. The van der Waals surface area contributed by atoms with Crippen LogP contribution in [0.5, 0.6) is 0 Å². The van der Waals surface area contributed by atoms with Crippen molar-refractivity contribution in [3.63, 3.8) is 0 Å². The fraction of sp³-hybridized carbons (Fsp3) is 0.444. The zero-order chi connectivity index (χ0) is 18.4. The number of ether oxygens (including phenoxy) is 1. The summed E-state index contributed by atoms with van der Waals surface area (Å²) in [7, 11) is -0.571. The number of carbonyl (C=O) groups is 1. The number of hydrogen-bond donors (Lipinski definition) is 0. The summed E-state index contributed by atoms with van der Waals surface area (Å²) in [5.41, 5.74) is -0.211. The second-order valence-electron chi connectivity index (χ2n) is 7.04. The molecule has 1 aliphatic heterocycles. The first-order valence-electron chi connectivity index (χ1n) is 8.25. The summed E-state index contributed by atoms with van der Waals surface area (Å²) in [4.78, 5) is 24.1. The van der Waals surface area contributed by atoms with Crippen LogP contribution >= 0.6 is 0 Å². The summed E-state index contributed by atoms with van der Waals surface area (Å²) in [5.74, 6) is -0.765. The van der Waals surface area contributed by atoms with Crippen molar-refractivity contribution < 1.29 is 23.3 Å². The molecule has 0 amide bonds. The second kappa shape index (κ2) is 6.00. The van der Waals surface area contributed by atoms with E-state index in [1.807, 2.05) is 27.7 Å². The molecule has 6 nitrogen and oxygen atoms in total. The molecule has 0 aliphatic carbocycles. The van der Waals surface area contributed by atoms with Crippen LogP contribution in [0.4, 0.5) is 0 Å². The minimum absolute atomic E-state index is 0.109. The van der Waals surface area contributed by atoms with Gasteiger partial charge in [-0.05, 0) is 52.2 Å². The molecule has 3 rings (SSSR count). The van der Waals surface area contributed by atoms with Crippen LogP contribution in [-0.4, -0.2) is 30.9 Å². The Morgan fingerprint density at radius 1 is 1.12 bits per heavy atom. The summed E-state index contributed by atoms with van der Waals surface area (Å²) in [5, 5.41) is 0.361. The molecule has 2 heterocycles. The van der Waals surface area contributed by atoms with Gasteiger partial charge in [0.15, 0.2) is 5.43 Å². The molecule has 2 aromatic rings. The van der Waals surface area contributed by atoms with E-state index in [-0.39, 0.29) is 17.8 Å². The van der Waals surface area contributed by atoms with Crippen molar-refractivity contribution in [3.8, 4) is 0 Å². The summed E-state index contributed by atoms with van der Waals surface area (Å²) in [6, 6.07) is 6.23. The van der Waals surface area contributed by atoms with Gasteiger partial charge in [-0.2, -0.15) is 0 Å². The molecule has 132 valence electrons. The van der Waals surface area contributed by atoms with Crippen molar-refractivity contribution >= 4 is 29.5 Å². The molecule has 25 heavy (non-hydrogen) atoms. The Hall–Kier alpha value is -2.12. The Balaban J connectivity index is 1.99. The van der Waals surface area contributed by atoms with E-state index in [2.05, 4.69) is 0 Å². The van der Waals surface area contributed by atoms with Crippen molar-refractivity contribution in [1.82, 2.24) is 0 Å². The molecule has 0 atom stereocenters. The van der Waals surface area contributed by atoms with E-state index >= 15 is 0 Å². The molecule has 1 fully saturated rings. The van der Waals surface area contributed by atoms with Gasteiger partial charge in [-0.25, -0.2) is 4.79 Å². The Bertz CT molecular complexity index is 867. The van der Waals surface area contributed by atoms with Crippen LogP contribution < -0.4 is 10.9 Å². The van der Waals surface area contributed by atoms with Crippen LogP contribution in [0.25, 0.3) is 11.0 Å². The Labute approximate surface area is 146 Å². The topological polar surface area (TPSA) is 75.0 Å². The van der Waals surface area contributed by atoms with Crippen LogP contribution in [0.15, 0.2) is 33.5 Å². The third kappa shape index (κ3) is 3.09. The van der Waals surface area contributed by atoms with Gasteiger partial charge in [0.1, 0.15) is 5.58 Å². The summed E-state index contributed by atoms with van der Waals surface area (Å²) < 4.78 is 22.4. The van der Waals surface area contributed by atoms with Crippen molar-refractivity contribution in [2.75, 3.05) is 6.61 Å². The van der Waals surface area contributed by atoms with E-state index in [1.165, 1.54) is 0 Å². The van der Waals surface area contributed by atoms with E-state index in [1.54, 1.807) is 25.1 Å². The molecule has 7 heteroatoms. The zero-order valence-electron chi connectivity index (χ0n) is 15.0. The molecular formula is C18H21BO6. The summed E-state index contributed by atoms with van der Waals surface area (Å²) >= 11 is 0. The average Bonchev–Trinajstić information content (AvgIpc) is 2.75. The predicted octanol–water partition coefficient (Wildman–Crippen LogP) is 2.27. The SMILES string of the molecule is CCOC(=O)c1cc(=O)c2cc(B3OC(C)(C)C(C)(C)O3)ccc2o1. The van der Waals surface area contributed by atoms with Gasteiger partial charge in [-0.3, -0.25) is 4.79 Å². The van der Waals surface area contributed by atoms with Crippen LogP contribution in [-0.2, 0) is 14.0 Å². The van der Waals surface area contributed by atoms with E-state index in [0.717, 1.165) is 11.5 Å². The molecule has 0 radical (unpaired) electrons. The van der Waals surface area contributed by atoms with Crippen molar-refractivity contribution in [2.45, 2.75) is 45.8 Å². The summed E-state index contributed by atoms with van der Waals surface area (Å²) in [6.45, 7) is 9.76. The maximum atomic E-state index is 12.4. The molecule has 0 bridgehead atoms. The first-order valence-corrected chi connectivity index (χ1v) is 8.25. The smallest absolute Gasteiger partial charge is 0.460 e. The molecule has 0 N–H and O–H groups in total. The van der Waals surface area contributed by atoms with E-state index in [9.17, 15) is 9.59 Å².